The quantitative estimate of drug-likeness (QED) is 0.0197. The molecule has 7 rings (SSSR count). The molecule has 2 saturated heterocycles. The number of amides is 6. The van der Waals surface area contributed by atoms with Gasteiger partial charge in [0.1, 0.15) is 5.69 Å². The van der Waals surface area contributed by atoms with Crippen LogP contribution in [0.15, 0.2) is 90.0 Å². The van der Waals surface area contributed by atoms with Gasteiger partial charge in [0.15, 0.2) is 0 Å². The molecule has 2 aliphatic heterocycles. The Labute approximate surface area is 427 Å². The third-order valence-electron chi connectivity index (χ3n) is 12.6. The van der Waals surface area contributed by atoms with Gasteiger partial charge in [-0.2, -0.15) is 0 Å². The van der Waals surface area contributed by atoms with E-state index in [1.165, 1.54) is 39.4 Å². The summed E-state index contributed by atoms with van der Waals surface area (Å²) in [5, 5.41) is 22.0. The number of rotatable bonds is 29. The summed E-state index contributed by atoms with van der Waals surface area (Å²) < 4.78 is 1.66. The number of aliphatic hydroxyl groups is 1. The Hall–Kier alpha value is -7.00. The van der Waals surface area contributed by atoms with Gasteiger partial charge in [0.25, 0.3) is 17.7 Å². The van der Waals surface area contributed by atoms with E-state index in [1.807, 2.05) is 54.6 Å². The van der Waals surface area contributed by atoms with Gasteiger partial charge in [-0.05, 0) is 85.6 Å². The van der Waals surface area contributed by atoms with Gasteiger partial charge in [0, 0.05) is 92.4 Å². The monoisotopic (exact) mass is 1020 g/mol. The highest BCUT2D eigenvalue weighted by atomic mass is 32.2. The van der Waals surface area contributed by atoms with Crippen LogP contribution < -0.4 is 10.8 Å². The molecule has 19 nitrogen and oxygen atoms in total. The number of aromatic nitrogens is 4. The zero-order valence-corrected chi connectivity index (χ0v) is 41.9. The number of aromatic amines is 1. The normalized spacial score (nSPS) is 14.9. The third-order valence-corrected chi connectivity index (χ3v) is 13.8. The van der Waals surface area contributed by atoms with Gasteiger partial charge in [-0.1, -0.05) is 72.7 Å². The predicted octanol–water partition coefficient (Wildman–Crippen LogP) is 5.63. The van der Waals surface area contributed by atoms with Gasteiger partial charge in [-0.25, -0.2) is 10.3 Å². The average Bonchev–Trinajstić information content (AvgIpc) is 4.13. The lowest BCUT2D eigenvalue weighted by molar-refractivity contribution is -0.197. The van der Waals surface area contributed by atoms with Gasteiger partial charge in [-0.15, -0.1) is 21.9 Å². The Morgan fingerprint density at radius 2 is 1.59 bits per heavy atom. The number of H-pyrrole nitrogens is 1. The summed E-state index contributed by atoms with van der Waals surface area (Å²) in [5.41, 5.74) is 9.43. The first-order valence-corrected chi connectivity index (χ1v) is 25.7. The molecule has 6 amide bonds. The first-order valence-electron chi connectivity index (χ1n) is 24.8. The van der Waals surface area contributed by atoms with Crippen LogP contribution in [0.5, 0.6) is 0 Å². The smallest absolute Gasteiger partial charge is 0.333 e. The Morgan fingerprint density at radius 3 is 2.36 bits per heavy atom. The second-order valence-electron chi connectivity index (χ2n) is 18.1. The van der Waals surface area contributed by atoms with E-state index in [9.17, 15) is 38.7 Å². The molecule has 73 heavy (non-hydrogen) atoms. The number of hydrogen-bond donors (Lipinski definition) is 4. The van der Waals surface area contributed by atoms with Crippen LogP contribution in [0.25, 0.3) is 17.0 Å². The fourth-order valence-electron chi connectivity index (χ4n) is 8.60. The van der Waals surface area contributed by atoms with E-state index < -0.39 is 28.9 Å². The van der Waals surface area contributed by atoms with Crippen molar-refractivity contribution in [3.8, 4) is 0 Å². The molecule has 1 atom stereocenters. The van der Waals surface area contributed by atoms with Gasteiger partial charge in [0.05, 0.1) is 31.2 Å². The van der Waals surface area contributed by atoms with Crippen molar-refractivity contribution in [2.45, 2.75) is 120 Å². The summed E-state index contributed by atoms with van der Waals surface area (Å²) in [4.78, 5) is 104. The first-order chi connectivity index (χ1) is 35.4. The van der Waals surface area contributed by atoms with E-state index in [-0.39, 0.29) is 63.2 Å². The molecule has 2 aliphatic rings. The van der Waals surface area contributed by atoms with Gasteiger partial charge in [-0.3, -0.25) is 48.1 Å². The molecule has 386 valence electrons. The number of fused-ring (bicyclic) bond motifs is 1. The number of benzene rings is 3. The largest absolute Gasteiger partial charge is 0.395 e. The number of hydroxylamine groups is 3. The number of thioether (sulfide) groups is 1. The van der Waals surface area contributed by atoms with Gasteiger partial charge >= 0.3 is 5.97 Å². The zero-order valence-electron chi connectivity index (χ0n) is 41.1. The molecule has 2 fully saturated rings. The highest BCUT2D eigenvalue weighted by Crippen LogP contribution is 2.32. The van der Waals surface area contributed by atoms with Crippen molar-refractivity contribution in [3.05, 3.63) is 119 Å². The van der Waals surface area contributed by atoms with Gasteiger partial charge < -0.3 is 20.2 Å². The summed E-state index contributed by atoms with van der Waals surface area (Å²) in [6, 6.07) is 23.7. The fourth-order valence-corrected chi connectivity index (χ4v) is 9.67. The van der Waals surface area contributed by atoms with Crippen molar-refractivity contribution in [2.24, 2.45) is 0 Å². The van der Waals surface area contributed by atoms with Crippen molar-refractivity contribution in [3.63, 3.8) is 0 Å². The van der Waals surface area contributed by atoms with Crippen LogP contribution in [0.4, 0.5) is 0 Å². The third kappa shape index (κ3) is 16.2. The molecule has 4 heterocycles. The number of nitrogens with zero attached hydrogens (tertiary/aromatic N) is 6. The molecule has 2 aromatic heterocycles. The number of aliphatic hydroxyl groups excluding tert-OH is 1. The number of likely N-dealkylation sites (tertiary alicyclic amines) is 1. The molecule has 1 unspecified atom stereocenters. The van der Waals surface area contributed by atoms with Crippen LogP contribution in [-0.2, 0) is 75.9 Å². The van der Waals surface area contributed by atoms with E-state index >= 15 is 0 Å². The van der Waals surface area contributed by atoms with E-state index in [4.69, 9.17) is 9.68 Å². The van der Waals surface area contributed by atoms with Crippen LogP contribution in [0.2, 0.25) is 0 Å². The van der Waals surface area contributed by atoms with Crippen LogP contribution in [0.1, 0.15) is 104 Å². The molecule has 0 aliphatic carbocycles. The molecule has 5 aromatic rings. The number of hydrogen-bond acceptors (Lipinski definition) is 14. The lowest BCUT2D eigenvalue weighted by Gasteiger charge is -2.21. The second kappa shape index (κ2) is 27.2. The maximum atomic E-state index is 13.2. The van der Waals surface area contributed by atoms with Crippen molar-refractivity contribution in [2.75, 3.05) is 26.2 Å². The van der Waals surface area contributed by atoms with Gasteiger partial charge in [0.2, 0.25) is 17.7 Å². The van der Waals surface area contributed by atoms with Crippen LogP contribution in [0, 0.1) is 6.92 Å². The summed E-state index contributed by atoms with van der Waals surface area (Å²) >= 11 is 1.34. The Morgan fingerprint density at radius 1 is 0.863 bits per heavy atom. The van der Waals surface area contributed by atoms with Crippen LogP contribution in [0.3, 0.4) is 0 Å². The van der Waals surface area contributed by atoms with Crippen molar-refractivity contribution in [1.29, 1.82) is 0 Å². The van der Waals surface area contributed by atoms with E-state index in [0.29, 0.717) is 75.5 Å². The molecule has 0 saturated carbocycles. The molecule has 0 spiro atoms. The van der Waals surface area contributed by atoms with E-state index in [1.54, 1.807) is 17.0 Å². The number of carbonyl (C=O) groups is 7. The number of para-hydroxylation sites is 1. The lowest BCUT2D eigenvalue weighted by atomic mass is 10.1. The molecule has 4 N–H and O–H groups in total. The highest BCUT2D eigenvalue weighted by molar-refractivity contribution is 8.00. The van der Waals surface area contributed by atoms with Crippen LogP contribution in [-0.4, -0.2) is 113 Å². The minimum absolute atomic E-state index is 0.0538. The number of nitrogens with one attached hydrogen (secondary N) is 3. The molecule has 0 bridgehead atoms. The van der Waals surface area contributed by atoms with E-state index in [0.717, 1.165) is 46.5 Å². The van der Waals surface area contributed by atoms with Crippen molar-refractivity contribution >= 4 is 70.2 Å². The fraction of sp³-hybridized carbons (Fsp3) is 0.415. The molecule has 0 radical (unpaired) electrons. The topological polar surface area (TPSA) is 238 Å². The number of imide groups is 2. The SMILES string of the molecule is Cc1[nH]c2ccccc2c1CCN(CCO)Cc1ccc(/C=C/C(=O)NOCc2ccc(SC3CC(=O)N(CCCCCC(=O)NCc4cn(CCCCCC(=O)ON5C(=O)CCC5=O)nn4)C3=O)cc2)cc1. The minimum Gasteiger partial charge on any atom is -0.395 e. The van der Waals surface area contributed by atoms with Crippen molar-refractivity contribution < 1.29 is 48.3 Å². The standard InChI is InChI=1S/C53H63N9O10S/c1-37-43(44-10-6-7-11-45(44)55-37)26-29-59(30-31-63)34-39-16-14-38(15-17-39)20-23-48(65)57-71-36-40-18-21-42(22-19-40)73-46-32-51(68)61(53(46)70)28-9-2-4-12-47(64)54-33-41-35-60(58-56-41)27-8-3-5-13-52(69)72-62-49(66)24-25-50(62)67/h6-7,10-11,14-23,35,46,55,63H,2-5,8-9,12-13,24-34,36H2,1H3,(H,54,64)(H,57,65)/b23-20+. The Balaban J connectivity index is 0.716. The van der Waals surface area contributed by atoms with Crippen molar-refractivity contribution in [1.82, 2.24) is 45.6 Å². The first kappa shape index (κ1) is 53.8. The lowest BCUT2D eigenvalue weighted by Crippen LogP contribution is -2.32. The maximum Gasteiger partial charge on any atom is 0.333 e. The minimum atomic E-state index is -0.620. The average molecular weight is 1020 g/mol. The molecular weight excluding hydrogens is 955 g/mol. The summed E-state index contributed by atoms with van der Waals surface area (Å²) in [6.07, 6.45) is 10.1. The number of carbonyl (C=O) groups excluding carboxylic acids is 7. The molecule has 20 heteroatoms. The summed E-state index contributed by atoms with van der Waals surface area (Å²) in [6.45, 7) is 5.46. The Bertz CT molecular complexity index is 2720. The van der Waals surface area contributed by atoms with Crippen LogP contribution >= 0.6 is 11.8 Å². The summed E-state index contributed by atoms with van der Waals surface area (Å²) in [5.74, 6) is -2.60. The Kier molecular flexibility index (Phi) is 20.0. The summed E-state index contributed by atoms with van der Waals surface area (Å²) in [7, 11) is 0. The number of aryl methyl sites for hydroxylation is 2. The molecular formula is C53H63N9O10S. The highest BCUT2D eigenvalue weighted by Gasteiger charge is 2.38. The maximum absolute atomic E-state index is 13.2. The molecule has 3 aromatic carbocycles. The second-order valence-corrected chi connectivity index (χ2v) is 19.4. The zero-order chi connectivity index (χ0) is 51.5. The predicted molar refractivity (Wildman–Crippen MR) is 271 cm³/mol. The number of unbranched alkanes of at least 4 members (excludes halogenated alkanes) is 4. The van der Waals surface area contributed by atoms with E-state index in [2.05, 4.69) is 56.1 Å².